The average Bonchev–Trinajstić information content (AvgIpc) is 2.62. The molecule has 1 saturated heterocycles. The van der Waals surface area contributed by atoms with Crippen LogP contribution in [0.15, 0.2) is 35.3 Å². The molecule has 1 aromatic carbocycles. The minimum absolute atomic E-state index is 0.0360. The van der Waals surface area contributed by atoms with E-state index in [0.717, 1.165) is 37.2 Å². The zero-order valence-electron chi connectivity index (χ0n) is 14.3. The van der Waals surface area contributed by atoms with Crippen molar-refractivity contribution in [3.05, 3.63) is 35.9 Å². The largest absolute Gasteiger partial charge is 0.292 e. The second-order valence-electron chi connectivity index (χ2n) is 6.99. The van der Waals surface area contributed by atoms with Gasteiger partial charge in [-0.05, 0) is 44.3 Å². The highest BCUT2D eigenvalue weighted by Crippen LogP contribution is 2.38. The highest BCUT2D eigenvalue weighted by atomic mass is 16.1. The Kier molecular flexibility index (Phi) is 5.27. The van der Waals surface area contributed by atoms with Crippen molar-refractivity contribution < 1.29 is 4.79 Å². The molecule has 23 heavy (non-hydrogen) atoms. The lowest BCUT2D eigenvalue weighted by Gasteiger charge is -2.49. The van der Waals surface area contributed by atoms with Gasteiger partial charge in [0.15, 0.2) is 0 Å². The van der Waals surface area contributed by atoms with E-state index < -0.39 is 0 Å². The third-order valence-corrected chi connectivity index (χ3v) is 5.40. The van der Waals surface area contributed by atoms with Crippen molar-refractivity contribution in [2.24, 2.45) is 4.99 Å². The Morgan fingerprint density at radius 2 is 1.57 bits per heavy atom. The number of benzene rings is 1. The van der Waals surface area contributed by atoms with Gasteiger partial charge in [0.1, 0.15) is 0 Å². The Balaban J connectivity index is 2.05. The van der Waals surface area contributed by atoms with Crippen molar-refractivity contribution in [1.82, 2.24) is 4.90 Å². The molecular weight excluding hydrogens is 284 g/mol. The van der Waals surface area contributed by atoms with E-state index in [-0.39, 0.29) is 11.4 Å². The molecule has 0 unspecified atom stereocenters. The molecule has 1 aromatic rings. The Labute approximate surface area is 139 Å². The van der Waals surface area contributed by atoms with Crippen molar-refractivity contribution >= 4 is 11.6 Å². The summed E-state index contributed by atoms with van der Waals surface area (Å²) in [5, 5.41) is 0. The molecule has 3 heteroatoms. The summed E-state index contributed by atoms with van der Waals surface area (Å²) < 4.78 is 0. The first-order valence-corrected chi connectivity index (χ1v) is 9.13. The van der Waals surface area contributed by atoms with E-state index in [9.17, 15) is 4.79 Å². The molecule has 3 rings (SSSR count). The van der Waals surface area contributed by atoms with Crippen molar-refractivity contribution in [3.63, 3.8) is 0 Å². The maximum absolute atomic E-state index is 11.9. The zero-order chi connectivity index (χ0) is 16.1. The molecule has 1 amide bonds. The first kappa shape index (κ1) is 16.4. The maximum atomic E-state index is 11.9. The number of amides is 1. The summed E-state index contributed by atoms with van der Waals surface area (Å²) in [7, 11) is 0. The van der Waals surface area contributed by atoms with Crippen LogP contribution in [0.25, 0.3) is 0 Å². The molecule has 0 bridgehead atoms. The molecule has 1 aliphatic heterocycles. The zero-order valence-corrected chi connectivity index (χ0v) is 14.3. The molecule has 0 radical (unpaired) electrons. The third-order valence-electron chi connectivity index (χ3n) is 5.40. The molecule has 0 aromatic heterocycles. The summed E-state index contributed by atoms with van der Waals surface area (Å²) in [6, 6.07) is 10.4. The Morgan fingerprint density at radius 3 is 2.17 bits per heavy atom. The van der Waals surface area contributed by atoms with Gasteiger partial charge in [0.05, 0.1) is 11.3 Å². The summed E-state index contributed by atoms with van der Waals surface area (Å²) in [5.74, 6) is -0.0780. The predicted octanol–water partition coefficient (Wildman–Crippen LogP) is 4.21. The molecule has 1 saturated carbocycles. The molecule has 2 fully saturated rings. The van der Waals surface area contributed by atoms with Gasteiger partial charge >= 0.3 is 0 Å². The van der Waals surface area contributed by atoms with Crippen LogP contribution in [0.1, 0.15) is 63.9 Å². The lowest BCUT2D eigenvalue weighted by atomic mass is 9.73. The molecule has 3 nitrogen and oxygen atoms in total. The molecule has 1 heterocycles. The number of carbonyl (C=O) groups is 1. The Morgan fingerprint density at radius 1 is 0.957 bits per heavy atom. The highest BCUT2D eigenvalue weighted by Gasteiger charge is 2.43. The van der Waals surface area contributed by atoms with Crippen LogP contribution in [0, 0.1) is 0 Å². The summed E-state index contributed by atoms with van der Waals surface area (Å²) in [6.07, 6.45) is 9.91. The van der Waals surface area contributed by atoms with E-state index in [0.29, 0.717) is 0 Å². The van der Waals surface area contributed by atoms with Crippen LogP contribution < -0.4 is 0 Å². The van der Waals surface area contributed by atoms with Crippen LogP contribution >= 0.6 is 0 Å². The lowest BCUT2D eigenvalue weighted by Crippen LogP contribution is -2.57. The molecular formula is C20H28N2O. The number of aliphatic imine (C=N–C) groups is 1. The molecule has 0 spiro atoms. The van der Waals surface area contributed by atoms with Crippen molar-refractivity contribution in [3.8, 4) is 0 Å². The van der Waals surface area contributed by atoms with E-state index >= 15 is 0 Å². The van der Waals surface area contributed by atoms with Gasteiger partial charge in [-0.15, -0.1) is 0 Å². The van der Waals surface area contributed by atoms with E-state index in [1.54, 1.807) is 6.92 Å². The van der Waals surface area contributed by atoms with Crippen molar-refractivity contribution in [2.75, 3.05) is 13.1 Å². The van der Waals surface area contributed by atoms with Gasteiger partial charge in [0.25, 0.3) is 0 Å². The van der Waals surface area contributed by atoms with Gasteiger partial charge in [-0.3, -0.25) is 9.69 Å². The molecule has 124 valence electrons. The molecule has 2 aliphatic rings. The number of hydrogen-bond acceptors (Lipinski definition) is 2. The lowest BCUT2D eigenvalue weighted by molar-refractivity contribution is -0.115. The summed E-state index contributed by atoms with van der Waals surface area (Å²) in [4.78, 5) is 19.1. The van der Waals surface area contributed by atoms with Crippen LogP contribution in [0.2, 0.25) is 0 Å². The van der Waals surface area contributed by atoms with E-state index in [2.05, 4.69) is 34.2 Å². The topological polar surface area (TPSA) is 32.7 Å². The van der Waals surface area contributed by atoms with Crippen molar-refractivity contribution in [1.29, 1.82) is 0 Å². The fourth-order valence-electron chi connectivity index (χ4n) is 4.35. The monoisotopic (exact) mass is 312 g/mol. The number of nitrogens with zero attached hydrogens (tertiary/aromatic N) is 2. The SMILES string of the molecule is CC(=O)N=C(c1ccccc1)C1(N2CCCCC2)CCCCC1. The summed E-state index contributed by atoms with van der Waals surface area (Å²) >= 11 is 0. The summed E-state index contributed by atoms with van der Waals surface area (Å²) in [6.45, 7) is 3.86. The standard InChI is InChI=1S/C20H28N2O/c1-17(23)21-19(18-11-5-2-6-12-18)20(13-7-3-8-14-20)22-15-9-4-10-16-22/h2,5-6,11-12H,3-4,7-10,13-16H2,1H3. The number of likely N-dealkylation sites (tertiary alicyclic amines) is 1. The number of piperidine rings is 1. The van der Waals surface area contributed by atoms with Crippen LogP contribution in [-0.4, -0.2) is 35.1 Å². The highest BCUT2D eigenvalue weighted by molar-refractivity contribution is 6.11. The van der Waals surface area contributed by atoms with Gasteiger partial charge in [-0.1, -0.05) is 56.0 Å². The first-order valence-electron chi connectivity index (χ1n) is 9.13. The minimum atomic E-state index is -0.0780. The predicted molar refractivity (Wildman–Crippen MR) is 94.9 cm³/mol. The average molecular weight is 312 g/mol. The fraction of sp³-hybridized carbons (Fsp3) is 0.600. The van der Waals surface area contributed by atoms with E-state index in [1.807, 2.05) is 6.07 Å². The Bertz CT molecular complexity index is 552. The van der Waals surface area contributed by atoms with Crippen LogP contribution in [-0.2, 0) is 4.79 Å². The molecule has 0 atom stereocenters. The fourth-order valence-corrected chi connectivity index (χ4v) is 4.35. The van der Waals surface area contributed by atoms with Gasteiger partial charge in [0, 0.05) is 6.92 Å². The van der Waals surface area contributed by atoms with Gasteiger partial charge in [0.2, 0.25) is 5.91 Å². The molecule has 0 N–H and O–H groups in total. The summed E-state index contributed by atoms with van der Waals surface area (Å²) in [5.41, 5.74) is 2.11. The van der Waals surface area contributed by atoms with E-state index in [1.165, 1.54) is 38.5 Å². The normalized spacial score (nSPS) is 22.7. The molecule has 1 aliphatic carbocycles. The second kappa shape index (κ2) is 7.39. The minimum Gasteiger partial charge on any atom is -0.292 e. The maximum Gasteiger partial charge on any atom is 0.242 e. The van der Waals surface area contributed by atoms with Gasteiger partial charge < -0.3 is 0 Å². The van der Waals surface area contributed by atoms with E-state index in [4.69, 9.17) is 0 Å². The van der Waals surface area contributed by atoms with Gasteiger partial charge in [-0.25, -0.2) is 4.99 Å². The number of carbonyl (C=O) groups excluding carboxylic acids is 1. The number of hydrogen-bond donors (Lipinski definition) is 0. The first-order chi connectivity index (χ1) is 11.2. The quantitative estimate of drug-likeness (QED) is 0.783. The Hall–Kier alpha value is -1.48. The third kappa shape index (κ3) is 3.55. The van der Waals surface area contributed by atoms with Crippen LogP contribution in [0.4, 0.5) is 0 Å². The van der Waals surface area contributed by atoms with Crippen LogP contribution in [0.5, 0.6) is 0 Å². The van der Waals surface area contributed by atoms with Crippen molar-refractivity contribution in [2.45, 2.75) is 63.8 Å². The second-order valence-corrected chi connectivity index (χ2v) is 6.99. The smallest absolute Gasteiger partial charge is 0.242 e. The number of rotatable bonds is 3. The van der Waals surface area contributed by atoms with Gasteiger partial charge in [-0.2, -0.15) is 0 Å². The van der Waals surface area contributed by atoms with Crippen LogP contribution in [0.3, 0.4) is 0 Å².